The molecule has 3 amide bonds. The van der Waals surface area contributed by atoms with Crippen molar-refractivity contribution in [3.8, 4) is 11.5 Å². The molecule has 1 N–H and O–H groups in total. The Hall–Kier alpha value is -3.98. The number of rotatable bonds is 8. The second-order valence-corrected chi connectivity index (χ2v) is 10.6. The van der Waals surface area contributed by atoms with Crippen molar-refractivity contribution in [1.29, 1.82) is 0 Å². The van der Waals surface area contributed by atoms with Crippen LogP contribution >= 0.6 is 0 Å². The van der Waals surface area contributed by atoms with E-state index >= 15 is 0 Å². The molecule has 1 heterocycles. The first-order chi connectivity index (χ1) is 16.6. The van der Waals surface area contributed by atoms with Crippen LogP contribution in [-0.2, 0) is 14.6 Å². The van der Waals surface area contributed by atoms with Gasteiger partial charge < -0.3 is 10.1 Å². The summed E-state index contributed by atoms with van der Waals surface area (Å²) in [4.78, 5) is 39.9. The van der Waals surface area contributed by atoms with E-state index in [0.29, 0.717) is 17.2 Å². The van der Waals surface area contributed by atoms with Gasteiger partial charge in [-0.25, -0.2) is 8.42 Å². The average Bonchev–Trinajstić information content (AvgIpc) is 3.07. The van der Waals surface area contributed by atoms with Gasteiger partial charge in [0.25, 0.3) is 11.8 Å². The molecule has 1 atom stereocenters. The van der Waals surface area contributed by atoms with E-state index in [-0.39, 0.29) is 23.3 Å². The number of sulfone groups is 1. The molecule has 0 saturated heterocycles. The largest absolute Gasteiger partial charge is 0.457 e. The molecule has 0 saturated carbocycles. The van der Waals surface area contributed by atoms with Gasteiger partial charge in [-0.1, -0.05) is 29.8 Å². The van der Waals surface area contributed by atoms with E-state index in [0.717, 1.165) is 16.7 Å². The van der Waals surface area contributed by atoms with Crippen LogP contribution in [0.25, 0.3) is 0 Å². The van der Waals surface area contributed by atoms with Crippen LogP contribution in [-0.4, -0.2) is 49.1 Å². The molecule has 1 aliphatic heterocycles. The Kier molecular flexibility index (Phi) is 6.70. The lowest BCUT2D eigenvalue weighted by Gasteiger charge is -2.25. The van der Waals surface area contributed by atoms with Gasteiger partial charge in [0.1, 0.15) is 27.4 Å². The molecule has 4 rings (SSSR count). The smallest absolute Gasteiger partial charge is 0.262 e. The van der Waals surface area contributed by atoms with Gasteiger partial charge in [-0.05, 0) is 61.9 Å². The Balaban J connectivity index is 1.52. The average molecular weight is 493 g/mol. The van der Waals surface area contributed by atoms with Gasteiger partial charge in [0.05, 0.1) is 16.9 Å². The first kappa shape index (κ1) is 24.2. The second-order valence-electron chi connectivity index (χ2n) is 8.39. The van der Waals surface area contributed by atoms with Gasteiger partial charge in [0.2, 0.25) is 5.91 Å². The number of benzene rings is 3. The number of carbonyl (C=O) groups is 3. The second kappa shape index (κ2) is 9.71. The number of ether oxygens (including phenoxy) is 1. The summed E-state index contributed by atoms with van der Waals surface area (Å²) < 4.78 is 29.4. The Morgan fingerprint density at radius 2 is 1.40 bits per heavy atom. The number of nitrogens with one attached hydrogen (secondary N) is 1. The molecule has 9 heteroatoms. The molecule has 0 bridgehead atoms. The van der Waals surface area contributed by atoms with Gasteiger partial charge in [-0.3, -0.25) is 19.3 Å². The van der Waals surface area contributed by atoms with Crippen molar-refractivity contribution in [3.63, 3.8) is 0 Å². The topological polar surface area (TPSA) is 110 Å². The van der Waals surface area contributed by atoms with Crippen molar-refractivity contribution in [2.24, 2.45) is 0 Å². The lowest BCUT2D eigenvalue weighted by atomic mass is 10.1. The fraction of sp³-hybridized carbons (Fsp3) is 0.192. The van der Waals surface area contributed by atoms with Crippen LogP contribution in [0.2, 0.25) is 0 Å². The number of carbonyl (C=O) groups excluding carboxylic acids is 3. The summed E-state index contributed by atoms with van der Waals surface area (Å²) in [6.45, 7) is 1.98. The van der Waals surface area contributed by atoms with Gasteiger partial charge in [-0.2, -0.15) is 0 Å². The minimum atomic E-state index is -3.44. The quantitative estimate of drug-likeness (QED) is 0.479. The summed E-state index contributed by atoms with van der Waals surface area (Å²) >= 11 is 0. The molecule has 1 unspecified atom stereocenters. The zero-order valence-corrected chi connectivity index (χ0v) is 20.0. The summed E-state index contributed by atoms with van der Waals surface area (Å²) in [6, 6.07) is 19.1. The fourth-order valence-corrected chi connectivity index (χ4v) is 4.42. The van der Waals surface area contributed by atoms with Crippen molar-refractivity contribution in [1.82, 2.24) is 4.90 Å². The molecule has 8 nitrogen and oxygen atoms in total. The minimum Gasteiger partial charge on any atom is -0.457 e. The minimum absolute atomic E-state index is 0.187. The number of aryl methyl sites for hydroxylation is 1. The molecule has 1 aliphatic rings. The molecule has 180 valence electrons. The number of amides is 3. The Morgan fingerprint density at radius 3 is 1.91 bits per heavy atom. The SMILES string of the molecule is Cc1ccc(Oc2ccc(NC(=O)C(CCS(C)(=O)=O)N3C(=O)c4ccccc4C3=O)cc2)cc1. The zero-order valence-electron chi connectivity index (χ0n) is 19.2. The van der Waals surface area contributed by atoms with Crippen molar-refractivity contribution in [2.75, 3.05) is 17.3 Å². The molecule has 0 radical (unpaired) electrons. The molecule has 0 spiro atoms. The summed E-state index contributed by atoms with van der Waals surface area (Å²) in [7, 11) is -3.44. The maximum absolute atomic E-state index is 13.2. The molecule has 0 fully saturated rings. The Labute approximate surface area is 203 Å². The summed E-state index contributed by atoms with van der Waals surface area (Å²) in [6.07, 6.45) is 0.821. The normalized spacial score (nSPS) is 13.9. The highest BCUT2D eigenvalue weighted by Gasteiger charge is 2.42. The lowest BCUT2D eigenvalue weighted by Crippen LogP contribution is -2.48. The van der Waals surface area contributed by atoms with Crippen LogP contribution in [0.1, 0.15) is 32.7 Å². The van der Waals surface area contributed by atoms with Crippen LogP contribution in [0.5, 0.6) is 11.5 Å². The molecular formula is C26H24N2O6S. The highest BCUT2D eigenvalue weighted by molar-refractivity contribution is 7.90. The number of hydrogen-bond donors (Lipinski definition) is 1. The summed E-state index contributed by atoms with van der Waals surface area (Å²) in [5.74, 6) is -1.04. The van der Waals surface area contributed by atoms with Crippen molar-refractivity contribution < 1.29 is 27.5 Å². The van der Waals surface area contributed by atoms with E-state index in [4.69, 9.17) is 4.74 Å². The van der Waals surface area contributed by atoms with E-state index in [1.54, 1.807) is 36.4 Å². The molecule has 35 heavy (non-hydrogen) atoms. The molecule has 3 aromatic carbocycles. The molecule has 0 aromatic heterocycles. The lowest BCUT2D eigenvalue weighted by molar-refractivity contribution is -0.120. The number of nitrogens with zero attached hydrogens (tertiary/aromatic N) is 1. The van der Waals surface area contributed by atoms with E-state index in [2.05, 4.69) is 5.32 Å². The molecular weight excluding hydrogens is 468 g/mol. The van der Waals surface area contributed by atoms with Crippen molar-refractivity contribution in [3.05, 3.63) is 89.5 Å². The number of imide groups is 1. The van der Waals surface area contributed by atoms with Crippen molar-refractivity contribution >= 4 is 33.2 Å². The predicted octanol–water partition coefficient (Wildman–Crippen LogP) is 3.83. The summed E-state index contributed by atoms with van der Waals surface area (Å²) in [5.41, 5.74) is 1.89. The van der Waals surface area contributed by atoms with Gasteiger partial charge in [0, 0.05) is 11.9 Å². The van der Waals surface area contributed by atoms with Crippen molar-refractivity contribution in [2.45, 2.75) is 19.4 Å². The van der Waals surface area contributed by atoms with Crippen LogP contribution in [0.4, 0.5) is 5.69 Å². The number of fused-ring (bicyclic) bond motifs is 1. The third kappa shape index (κ3) is 5.58. The summed E-state index contributed by atoms with van der Waals surface area (Å²) in [5, 5.41) is 2.69. The van der Waals surface area contributed by atoms with Gasteiger partial charge in [-0.15, -0.1) is 0 Å². The molecule has 3 aromatic rings. The van der Waals surface area contributed by atoms with Crippen LogP contribution < -0.4 is 10.1 Å². The van der Waals surface area contributed by atoms with E-state index in [1.807, 2.05) is 31.2 Å². The van der Waals surface area contributed by atoms with E-state index in [1.165, 1.54) is 12.1 Å². The van der Waals surface area contributed by atoms with Crippen LogP contribution in [0.15, 0.2) is 72.8 Å². The Bertz CT molecular complexity index is 1350. The first-order valence-corrected chi connectivity index (χ1v) is 13.0. The van der Waals surface area contributed by atoms with E-state index in [9.17, 15) is 22.8 Å². The predicted molar refractivity (Wildman–Crippen MR) is 131 cm³/mol. The highest BCUT2D eigenvalue weighted by Crippen LogP contribution is 2.27. The highest BCUT2D eigenvalue weighted by atomic mass is 32.2. The Morgan fingerprint density at radius 1 is 0.886 bits per heavy atom. The van der Waals surface area contributed by atoms with Crippen LogP contribution in [0, 0.1) is 6.92 Å². The maximum Gasteiger partial charge on any atom is 0.262 e. The number of anilines is 1. The van der Waals surface area contributed by atoms with Crippen LogP contribution in [0.3, 0.4) is 0 Å². The van der Waals surface area contributed by atoms with E-state index < -0.39 is 33.6 Å². The first-order valence-electron chi connectivity index (χ1n) is 10.9. The third-order valence-corrected chi connectivity index (χ3v) is 6.56. The zero-order chi connectivity index (χ0) is 25.2. The monoisotopic (exact) mass is 492 g/mol. The maximum atomic E-state index is 13.2. The standard InChI is InChI=1S/C26H24N2O6S/c1-17-7-11-19(12-8-17)34-20-13-9-18(10-14-20)27-24(29)23(15-16-35(2,32)33)28-25(30)21-5-3-4-6-22(21)26(28)31/h3-14,23H,15-16H2,1-2H3,(H,27,29). The van der Waals surface area contributed by atoms with Gasteiger partial charge in [0.15, 0.2) is 0 Å². The fourth-order valence-electron chi connectivity index (χ4n) is 3.77. The number of hydrogen-bond acceptors (Lipinski definition) is 6. The third-order valence-electron chi connectivity index (χ3n) is 5.58. The molecule has 0 aliphatic carbocycles. The van der Waals surface area contributed by atoms with Gasteiger partial charge >= 0.3 is 0 Å².